The zero-order valence-electron chi connectivity index (χ0n) is 66.6. The molecule has 3 aliphatic carbocycles. The van der Waals surface area contributed by atoms with Gasteiger partial charge in [0.05, 0.1) is 35.7 Å². The Morgan fingerprint density at radius 2 is 0.614 bits per heavy atom. The molecule has 30 nitrogen and oxygen atoms in total. The topological polar surface area (TPSA) is 325 Å². The van der Waals surface area contributed by atoms with E-state index in [2.05, 4.69) is 75.5 Å². The molecule has 114 heavy (non-hydrogen) atoms. The molecule has 2 unspecified atom stereocenters. The molecule has 9 fully saturated rings. The summed E-state index contributed by atoms with van der Waals surface area (Å²) in [6.07, 6.45) is 32.9. The third-order valence-electron chi connectivity index (χ3n) is 25.0. The molecule has 15 heterocycles. The van der Waals surface area contributed by atoms with Gasteiger partial charge in [-0.3, -0.25) is 28.8 Å². The third kappa shape index (κ3) is 16.7. The summed E-state index contributed by atoms with van der Waals surface area (Å²) in [5.41, 5.74) is 6.76. The number of hydrogen-bond donors (Lipinski definition) is 6. The van der Waals surface area contributed by atoms with Gasteiger partial charge >= 0.3 is 0 Å². The molecule has 6 N–H and O–H groups in total. The monoisotopic (exact) mass is 1550 g/mol. The summed E-state index contributed by atoms with van der Waals surface area (Å²) in [6.45, 7) is 7.90. The SMILES string of the molecule is CN(C)C(=O)c1cc2cnc(Nc3ccc(N4CC5CNCC5CC4=O)cn3)nc2n1C1CCCCCC1.CN(C)C(=O)c1cc2cnc(Nc3ccc(N4C[C@@H]5CNC[C@@H]5CC4=O)cn3)nc2n1C1CCCCCC1.CN(C)C(=O)c1cc2cnc(Nc3ccc(N4C[C@H]5CNC[C@H]5CC4=O)cn3)nc2n1C1CCCCCC1. The smallest absolute Gasteiger partial charge is 0.270 e. The Labute approximate surface area is 664 Å². The van der Waals surface area contributed by atoms with Crippen LogP contribution in [0.25, 0.3) is 33.1 Å². The fourth-order valence-electron chi connectivity index (χ4n) is 18.7. The minimum Gasteiger partial charge on any atom is -0.343 e. The van der Waals surface area contributed by atoms with E-state index in [-0.39, 0.29) is 53.6 Å². The number of carbonyl (C=O) groups is 6. The van der Waals surface area contributed by atoms with Crippen LogP contribution in [0.2, 0.25) is 0 Å². The van der Waals surface area contributed by atoms with E-state index >= 15 is 0 Å². The second kappa shape index (κ2) is 34.2. The van der Waals surface area contributed by atoms with Gasteiger partial charge in [0.1, 0.15) is 51.5 Å². The first kappa shape index (κ1) is 77.4. The van der Waals surface area contributed by atoms with Gasteiger partial charge in [0.15, 0.2) is 0 Å². The average molecular weight is 1550 g/mol. The number of fused-ring (bicyclic) bond motifs is 6. The van der Waals surface area contributed by atoms with E-state index in [0.29, 0.717) is 107 Å². The van der Waals surface area contributed by atoms with Crippen molar-refractivity contribution in [3.63, 3.8) is 0 Å². The number of amides is 6. The van der Waals surface area contributed by atoms with Crippen molar-refractivity contribution in [3.05, 3.63) is 109 Å². The van der Waals surface area contributed by atoms with Crippen LogP contribution in [0.5, 0.6) is 0 Å². The van der Waals surface area contributed by atoms with Gasteiger partial charge in [-0.2, -0.15) is 15.0 Å². The van der Waals surface area contributed by atoms with Gasteiger partial charge in [-0.05, 0) is 168 Å². The van der Waals surface area contributed by atoms with Crippen molar-refractivity contribution in [1.82, 2.24) is 89.2 Å². The summed E-state index contributed by atoms with van der Waals surface area (Å²) in [6, 6.07) is 17.8. The number of anilines is 9. The molecule has 18 rings (SSSR count). The molecule has 0 radical (unpaired) electrons. The maximum Gasteiger partial charge on any atom is 0.270 e. The Morgan fingerprint density at radius 1 is 0.351 bits per heavy atom. The molecule has 6 atom stereocenters. The normalized spacial score (nSPS) is 22.4. The Bertz CT molecular complexity index is 4470. The van der Waals surface area contributed by atoms with Crippen molar-refractivity contribution in [2.45, 2.75) is 153 Å². The molecular weight excluding hydrogens is 1440 g/mol. The van der Waals surface area contributed by atoms with E-state index in [1.807, 2.05) is 69.3 Å². The molecule has 6 saturated heterocycles. The zero-order valence-corrected chi connectivity index (χ0v) is 66.6. The van der Waals surface area contributed by atoms with E-state index < -0.39 is 0 Å². The maximum absolute atomic E-state index is 13.1. The number of carbonyl (C=O) groups excluding carboxylic acids is 6. The molecule has 3 saturated carbocycles. The van der Waals surface area contributed by atoms with E-state index in [4.69, 9.17) is 15.0 Å². The minimum atomic E-state index is -0.0222. The highest BCUT2D eigenvalue weighted by atomic mass is 16.2. The Kier molecular flexibility index (Phi) is 23.2. The van der Waals surface area contributed by atoms with Crippen molar-refractivity contribution in [2.75, 3.05) is 132 Å². The lowest BCUT2D eigenvalue weighted by Gasteiger charge is -2.34. The fourth-order valence-corrected chi connectivity index (χ4v) is 18.7. The van der Waals surface area contributed by atoms with Gasteiger partial charge in [0, 0.05) is 134 Å². The standard InChI is InChI=1S/3C28H36N8O2/c3*1-34(2)27(38)23-11-19-15-31-28(33-26(19)36(23)21-7-5-3-4-6-8-21)32-24-10-9-22(16-30-24)35-17-20-14-29-13-18(20)12-25(35)37/h3*9-11,15-16,18,20-21,29H,3-8,12-14,17H2,1-2H3,(H,30,31,32,33)/t2*18-,20-;/m10./s1. The lowest BCUT2D eigenvalue weighted by Crippen LogP contribution is -2.44. The minimum absolute atomic E-state index is 0.0222. The number of nitrogens with zero attached hydrogens (tertiary/aromatic N) is 18. The van der Waals surface area contributed by atoms with Gasteiger partial charge in [0.2, 0.25) is 35.6 Å². The van der Waals surface area contributed by atoms with Gasteiger partial charge < -0.3 is 75.0 Å². The first-order valence-corrected chi connectivity index (χ1v) is 41.4. The molecule has 600 valence electrons. The third-order valence-corrected chi connectivity index (χ3v) is 25.0. The van der Waals surface area contributed by atoms with Gasteiger partial charge in [-0.15, -0.1) is 0 Å². The maximum atomic E-state index is 13.1. The van der Waals surface area contributed by atoms with Crippen molar-refractivity contribution >= 4 is 121 Å². The Hall–Kier alpha value is -10.6. The lowest BCUT2D eigenvalue weighted by atomic mass is 9.88. The average Bonchev–Trinajstić information content (AvgIpc) is 1.62. The van der Waals surface area contributed by atoms with Crippen LogP contribution in [0, 0.1) is 35.5 Å². The summed E-state index contributed by atoms with van der Waals surface area (Å²) >= 11 is 0. The number of rotatable bonds is 15. The Morgan fingerprint density at radius 3 is 0.860 bits per heavy atom. The molecule has 6 aliphatic heterocycles. The van der Waals surface area contributed by atoms with E-state index in [0.717, 1.165) is 186 Å². The van der Waals surface area contributed by atoms with Crippen LogP contribution in [-0.4, -0.2) is 210 Å². The summed E-state index contributed by atoms with van der Waals surface area (Å²) in [7, 11) is 10.7. The predicted molar refractivity (Wildman–Crippen MR) is 440 cm³/mol. The second-order valence-corrected chi connectivity index (χ2v) is 33.4. The predicted octanol–water partition coefficient (Wildman–Crippen LogP) is 11.2. The van der Waals surface area contributed by atoms with E-state index in [1.165, 1.54) is 38.5 Å². The molecule has 9 aromatic heterocycles. The van der Waals surface area contributed by atoms with Crippen molar-refractivity contribution in [2.24, 2.45) is 35.5 Å². The molecule has 9 aromatic rings. The van der Waals surface area contributed by atoms with Crippen LogP contribution in [0.3, 0.4) is 0 Å². The van der Waals surface area contributed by atoms with Crippen LogP contribution in [0.1, 0.15) is 184 Å². The highest BCUT2D eigenvalue weighted by Crippen LogP contribution is 2.40. The zero-order chi connectivity index (χ0) is 78.7. The second-order valence-electron chi connectivity index (χ2n) is 33.4. The number of hydrogen-bond acceptors (Lipinski definition) is 21. The molecular formula is C84H108N24O6. The first-order valence-electron chi connectivity index (χ1n) is 41.4. The van der Waals surface area contributed by atoms with Crippen molar-refractivity contribution in [3.8, 4) is 0 Å². The molecule has 0 bridgehead atoms. The molecule has 0 aromatic carbocycles. The van der Waals surface area contributed by atoms with Crippen molar-refractivity contribution in [1.29, 1.82) is 0 Å². The lowest BCUT2D eigenvalue weighted by molar-refractivity contribution is -0.122. The van der Waals surface area contributed by atoms with Crippen LogP contribution in [-0.2, 0) is 14.4 Å². The summed E-state index contributed by atoms with van der Waals surface area (Å²) in [4.78, 5) is 130. The van der Waals surface area contributed by atoms with Gasteiger partial charge in [0.25, 0.3) is 17.7 Å². The number of piperidine rings is 3. The number of nitrogens with one attached hydrogen (secondary N) is 6. The van der Waals surface area contributed by atoms with Crippen molar-refractivity contribution < 1.29 is 28.8 Å². The molecule has 0 spiro atoms. The van der Waals surface area contributed by atoms with Crippen LogP contribution in [0.4, 0.5) is 52.4 Å². The van der Waals surface area contributed by atoms with Crippen LogP contribution >= 0.6 is 0 Å². The van der Waals surface area contributed by atoms with Crippen LogP contribution in [0.15, 0.2) is 91.8 Å². The quantitative estimate of drug-likeness (QED) is 0.0519. The fraction of sp³-hybridized carbons (Fsp3) is 0.536. The molecule has 30 heteroatoms. The van der Waals surface area contributed by atoms with E-state index in [1.54, 1.807) is 94.2 Å². The van der Waals surface area contributed by atoms with E-state index in [9.17, 15) is 28.8 Å². The first-order chi connectivity index (χ1) is 55.4. The van der Waals surface area contributed by atoms with Crippen LogP contribution < -0.4 is 46.6 Å². The summed E-state index contributed by atoms with van der Waals surface area (Å²) in [5, 5.41) is 22.5. The number of pyridine rings is 3. The number of aromatic nitrogens is 12. The summed E-state index contributed by atoms with van der Waals surface area (Å²) < 4.78 is 6.42. The molecule has 6 amide bonds. The largest absolute Gasteiger partial charge is 0.343 e. The summed E-state index contributed by atoms with van der Waals surface area (Å²) in [5.74, 6) is 6.38. The van der Waals surface area contributed by atoms with Gasteiger partial charge in [-0.1, -0.05) is 77.0 Å². The highest BCUT2D eigenvalue weighted by Gasteiger charge is 2.41. The van der Waals surface area contributed by atoms with Gasteiger partial charge in [-0.25, -0.2) is 29.9 Å². The highest BCUT2D eigenvalue weighted by molar-refractivity contribution is 6.01. The molecule has 9 aliphatic rings. The Balaban J connectivity index is 0.000000129.